The Morgan fingerprint density at radius 2 is 2.06 bits per heavy atom. The molecular formula is C11H20N2O4S. The third-order valence-electron chi connectivity index (χ3n) is 3.36. The molecule has 0 bridgehead atoms. The van der Waals surface area contributed by atoms with Gasteiger partial charge < -0.3 is 10.1 Å². The van der Waals surface area contributed by atoms with Crippen molar-refractivity contribution in [2.24, 2.45) is 0 Å². The van der Waals surface area contributed by atoms with Crippen LogP contribution in [0.5, 0.6) is 0 Å². The highest BCUT2D eigenvalue weighted by Gasteiger charge is 2.28. The van der Waals surface area contributed by atoms with Gasteiger partial charge >= 0.3 is 0 Å². The van der Waals surface area contributed by atoms with Gasteiger partial charge in [0.2, 0.25) is 5.91 Å². The molecule has 0 saturated carbocycles. The predicted molar refractivity (Wildman–Crippen MR) is 67.1 cm³/mol. The number of ether oxygens (including phenoxy) is 1. The van der Waals surface area contributed by atoms with Crippen LogP contribution >= 0.6 is 0 Å². The second kappa shape index (κ2) is 5.99. The molecule has 2 aliphatic rings. The van der Waals surface area contributed by atoms with Gasteiger partial charge in [0.1, 0.15) is 0 Å². The van der Waals surface area contributed by atoms with Crippen LogP contribution in [0.15, 0.2) is 0 Å². The molecule has 1 unspecified atom stereocenters. The van der Waals surface area contributed by atoms with Crippen molar-refractivity contribution < 1.29 is 17.9 Å². The molecule has 0 aliphatic carbocycles. The van der Waals surface area contributed by atoms with Crippen LogP contribution in [0.4, 0.5) is 0 Å². The smallest absolute Gasteiger partial charge is 0.221 e. The standard InChI is InChI=1S/C11H20N2O4S/c14-11(1-3-13-4-6-17-7-5-13)12-10-2-8-18(15,16)9-10/h10H,1-9H2,(H,12,14). The summed E-state index contributed by atoms with van der Waals surface area (Å²) in [6, 6.07) is -0.188. The summed E-state index contributed by atoms with van der Waals surface area (Å²) >= 11 is 0. The van der Waals surface area contributed by atoms with Crippen LogP contribution in [0.25, 0.3) is 0 Å². The van der Waals surface area contributed by atoms with Gasteiger partial charge in [-0.3, -0.25) is 9.69 Å². The zero-order valence-corrected chi connectivity index (χ0v) is 11.2. The molecule has 0 aromatic rings. The summed E-state index contributed by atoms with van der Waals surface area (Å²) in [6.07, 6.45) is 0.974. The fraction of sp³-hybridized carbons (Fsp3) is 0.909. The van der Waals surface area contributed by atoms with Crippen molar-refractivity contribution in [2.75, 3.05) is 44.4 Å². The molecule has 18 heavy (non-hydrogen) atoms. The highest BCUT2D eigenvalue weighted by molar-refractivity contribution is 7.91. The lowest BCUT2D eigenvalue weighted by Gasteiger charge is -2.26. The Morgan fingerprint density at radius 3 is 2.67 bits per heavy atom. The number of hydrogen-bond donors (Lipinski definition) is 1. The lowest BCUT2D eigenvalue weighted by Crippen LogP contribution is -2.41. The van der Waals surface area contributed by atoms with Gasteiger partial charge in [-0.15, -0.1) is 0 Å². The molecular weight excluding hydrogens is 256 g/mol. The Labute approximate surface area is 108 Å². The monoisotopic (exact) mass is 276 g/mol. The predicted octanol–water partition coefficient (Wildman–Crippen LogP) is -0.988. The van der Waals surface area contributed by atoms with Crippen LogP contribution in [-0.4, -0.2) is 69.6 Å². The van der Waals surface area contributed by atoms with Gasteiger partial charge in [-0.1, -0.05) is 0 Å². The van der Waals surface area contributed by atoms with Crippen molar-refractivity contribution in [3.05, 3.63) is 0 Å². The van der Waals surface area contributed by atoms with Crippen LogP contribution in [-0.2, 0) is 19.4 Å². The molecule has 2 aliphatic heterocycles. The molecule has 1 atom stereocenters. The first-order valence-corrected chi connectivity index (χ1v) is 8.17. The number of hydrogen-bond acceptors (Lipinski definition) is 5. The fourth-order valence-electron chi connectivity index (χ4n) is 2.29. The van der Waals surface area contributed by atoms with Crippen LogP contribution in [0.3, 0.4) is 0 Å². The molecule has 7 heteroatoms. The third kappa shape index (κ3) is 4.22. The van der Waals surface area contributed by atoms with Gasteiger partial charge in [-0.05, 0) is 6.42 Å². The zero-order chi connectivity index (χ0) is 13.0. The van der Waals surface area contributed by atoms with E-state index in [1.54, 1.807) is 0 Å². The molecule has 2 saturated heterocycles. The van der Waals surface area contributed by atoms with E-state index in [1.807, 2.05) is 0 Å². The minimum absolute atomic E-state index is 0.0522. The summed E-state index contributed by atoms with van der Waals surface area (Å²) in [6.45, 7) is 3.90. The van der Waals surface area contributed by atoms with Gasteiger partial charge in [-0.25, -0.2) is 8.42 Å². The fourth-order valence-corrected chi connectivity index (χ4v) is 3.97. The van der Waals surface area contributed by atoms with Gasteiger partial charge in [0, 0.05) is 32.1 Å². The molecule has 0 aromatic heterocycles. The second-order valence-electron chi connectivity index (χ2n) is 4.87. The van der Waals surface area contributed by atoms with Crippen molar-refractivity contribution >= 4 is 15.7 Å². The lowest BCUT2D eigenvalue weighted by molar-refractivity contribution is -0.122. The first kappa shape index (κ1) is 13.8. The highest BCUT2D eigenvalue weighted by Crippen LogP contribution is 2.11. The van der Waals surface area contributed by atoms with E-state index in [1.165, 1.54) is 0 Å². The molecule has 2 heterocycles. The number of rotatable bonds is 4. The van der Waals surface area contributed by atoms with Crippen molar-refractivity contribution in [3.8, 4) is 0 Å². The SMILES string of the molecule is O=C(CCN1CCOCC1)NC1CCS(=O)(=O)C1. The Balaban J connectivity index is 1.66. The number of morpholine rings is 1. The Bertz CT molecular complexity index is 390. The highest BCUT2D eigenvalue weighted by atomic mass is 32.2. The summed E-state index contributed by atoms with van der Waals surface area (Å²) in [5.41, 5.74) is 0. The minimum atomic E-state index is -2.92. The van der Waals surface area contributed by atoms with E-state index in [4.69, 9.17) is 4.74 Å². The number of nitrogens with one attached hydrogen (secondary N) is 1. The largest absolute Gasteiger partial charge is 0.379 e. The van der Waals surface area contributed by atoms with Crippen molar-refractivity contribution in [2.45, 2.75) is 18.9 Å². The summed E-state index contributed by atoms with van der Waals surface area (Å²) in [4.78, 5) is 13.9. The third-order valence-corrected chi connectivity index (χ3v) is 5.12. The van der Waals surface area contributed by atoms with E-state index >= 15 is 0 Å². The Kier molecular flexibility index (Phi) is 4.58. The Hall–Kier alpha value is -0.660. The van der Waals surface area contributed by atoms with Gasteiger partial charge in [0.25, 0.3) is 0 Å². The van der Waals surface area contributed by atoms with Crippen LogP contribution in [0, 0.1) is 0 Å². The van der Waals surface area contributed by atoms with E-state index < -0.39 is 9.84 Å². The molecule has 104 valence electrons. The molecule has 1 N–H and O–H groups in total. The number of sulfone groups is 1. The van der Waals surface area contributed by atoms with E-state index in [0.717, 1.165) is 26.3 Å². The first-order valence-electron chi connectivity index (χ1n) is 6.35. The number of nitrogens with zero attached hydrogens (tertiary/aromatic N) is 1. The normalized spacial score (nSPS) is 28.1. The van der Waals surface area contributed by atoms with E-state index in [0.29, 0.717) is 19.4 Å². The van der Waals surface area contributed by atoms with E-state index in [-0.39, 0.29) is 23.5 Å². The summed E-state index contributed by atoms with van der Waals surface area (Å²) in [5.74, 6) is 0.237. The Morgan fingerprint density at radius 1 is 1.33 bits per heavy atom. The molecule has 0 radical (unpaired) electrons. The lowest BCUT2D eigenvalue weighted by atomic mass is 10.2. The number of carbonyl (C=O) groups excluding carboxylic acids is 1. The van der Waals surface area contributed by atoms with E-state index in [9.17, 15) is 13.2 Å². The van der Waals surface area contributed by atoms with Crippen molar-refractivity contribution in [3.63, 3.8) is 0 Å². The van der Waals surface area contributed by atoms with Crippen LogP contribution in [0.1, 0.15) is 12.8 Å². The minimum Gasteiger partial charge on any atom is -0.379 e. The zero-order valence-electron chi connectivity index (χ0n) is 10.4. The van der Waals surface area contributed by atoms with Crippen LogP contribution in [0.2, 0.25) is 0 Å². The van der Waals surface area contributed by atoms with E-state index in [2.05, 4.69) is 10.2 Å². The molecule has 0 aromatic carbocycles. The van der Waals surface area contributed by atoms with Gasteiger partial charge in [-0.2, -0.15) is 0 Å². The molecule has 6 nitrogen and oxygen atoms in total. The van der Waals surface area contributed by atoms with Crippen molar-refractivity contribution in [1.29, 1.82) is 0 Å². The van der Waals surface area contributed by atoms with Gasteiger partial charge in [0.15, 0.2) is 9.84 Å². The maximum atomic E-state index is 11.7. The summed E-state index contributed by atoms with van der Waals surface area (Å²) < 4.78 is 27.7. The first-order chi connectivity index (χ1) is 8.55. The maximum absolute atomic E-state index is 11.7. The maximum Gasteiger partial charge on any atom is 0.221 e. The van der Waals surface area contributed by atoms with Crippen molar-refractivity contribution in [1.82, 2.24) is 10.2 Å². The number of carbonyl (C=O) groups is 1. The van der Waals surface area contributed by atoms with Crippen LogP contribution < -0.4 is 5.32 Å². The second-order valence-corrected chi connectivity index (χ2v) is 7.10. The average Bonchev–Trinajstić information content (AvgIpc) is 2.67. The number of amides is 1. The summed E-state index contributed by atoms with van der Waals surface area (Å²) in [7, 11) is -2.92. The molecule has 0 spiro atoms. The summed E-state index contributed by atoms with van der Waals surface area (Å²) in [5, 5.41) is 2.80. The molecule has 2 fully saturated rings. The molecule has 2 rings (SSSR count). The average molecular weight is 276 g/mol. The van der Waals surface area contributed by atoms with Gasteiger partial charge in [0.05, 0.1) is 24.7 Å². The quantitative estimate of drug-likeness (QED) is 0.714. The topological polar surface area (TPSA) is 75.7 Å². The molecule has 1 amide bonds.